The summed E-state index contributed by atoms with van der Waals surface area (Å²) in [6, 6.07) is 24.2. The number of halogens is 4. The normalized spacial score (nSPS) is 12.0. The largest absolute Gasteiger partial charge is 0.481 e. The Labute approximate surface area is 293 Å². The van der Waals surface area contributed by atoms with Gasteiger partial charge in [0.2, 0.25) is 0 Å². The highest BCUT2D eigenvalue weighted by atomic mass is 35.5. The average molecular weight is 715 g/mol. The van der Waals surface area contributed by atoms with Crippen LogP contribution in [-0.2, 0) is 14.3 Å². The molecule has 0 aromatic heterocycles. The van der Waals surface area contributed by atoms with Gasteiger partial charge in [-0.3, -0.25) is 14.5 Å². The monoisotopic (exact) mass is 713 g/mol. The summed E-state index contributed by atoms with van der Waals surface area (Å²) in [6.07, 6.45) is 7.49. The molecule has 244 valence electrons. The number of carbonyl (C=O) groups excluding carboxylic acids is 1. The summed E-state index contributed by atoms with van der Waals surface area (Å²) < 4.78 is 16.9. The number of hydrogen-bond donors (Lipinski definition) is 1. The fourth-order valence-corrected chi connectivity index (χ4v) is 5.12. The highest BCUT2D eigenvalue weighted by Gasteiger charge is 2.26. The van der Waals surface area contributed by atoms with E-state index in [-0.39, 0.29) is 12.8 Å². The van der Waals surface area contributed by atoms with Crippen LogP contribution in [0.1, 0.15) is 24.0 Å². The van der Waals surface area contributed by atoms with Gasteiger partial charge in [-0.25, -0.2) is 0 Å². The number of aliphatic carboxylic acids is 1. The standard InChI is InChI=1S/C36H31Cl4NO6/c1-45-36(44)34(16-17-35(42)43)41(18-4-8-24-6-2-10-26(20-24)46-28-12-14-30(37)32(39)22-28)19-5-9-25-7-3-11-27(21-25)47-29-13-15-31(38)33(40)23-29/h2-15,20-23,34H,16-19H2,1H3,(H,42,43)/b8-4+,9-5+/t34-/m0/s1. The van der Waals surface area contributed by atoms with E-state index in [1.165, 1.54) is 7.11 Å². The molecule has 0 spiro atoms. The lowest BCUT2D eigenvalue weighted by molar-refractivity contribution is -0.147. The van der Waals surface area contributed by atoms with E-state index in [1.54, 1.807) is 36.4 Å². The fourth-order valence-electron chi connectivity index (χ4n) is 4.54. The lowest BCUT2D eigenvalue weighted by Crippen LogP contribution is -2.42. The van der Waals surface area contributed by atoms with Gasteiger partial charge in [-0.15, -0.1) is 0 Å². The minimum Gasteiger partial charge on any atom is -0.481 e. The molecule has 0 aliphatic heterocycles. The molecule has 4 aromatic rings. The Kier molecular flexibility index (Phi) is 13.6. The number of carbonyl (C=O) groups is 2. The van der Waals surface area contributed by atoms with E-state index < -0.39 is 18.0 Å². The van der Waals surface area contributed by atoms with E-state index in [1.807, 2.05) is 77.7 Å². The van der Waals surface area contributed by atoms with Crippen LogP contribution in [0, 0.1) is 0 Å². The van der Waals surface area contributed by atoms with Crippen LogP contribution >= 0.6 is 46.4 Å². The Morgan fingerprint density at radius 1 is 0.702 bits per heavy atom. The second-order valence-corrected chi connectivity index (χ2v) is 11.9. The van der Waals surface area contributed by atoms with Gasteiger partial charge in [-0.1, -0.05) is 95.0 Å². The third-order valence-electron chi connectivity index (χ3n) is 6.82. The zero-order chi connectivity index (χ0) is 33.8. The van der Waals surface area contributed by atoms with Crippen LogP contribution in [-0.4, -0.2) is 48.2 Å². The molecule has 0 saturated carbocycles. The molecule has 1 N–H and O–H groups in total. The van der Waals surface area contributed by atoms with Crippen LogP contribution in [0.4, 0.5) is 0 Å². The quantitative estimate of drug-likeness (QED) is 0.123. The van der Waals surface area contributed by atoms with Crippen LogP contribution < -0.4 is 9.47 Å². The average Bonchev–Trinajstić information content (AvgIpc) is 3.04. The smallest absolute Gasteiger partial charge is 0.323 e. The first-order valence-electron chi connectivity index (χ1n) is 14.4. The summed E-state index contributed by atoms with van der Waals surface area (Å²) in [4.78, 5) is 26.0. The molecule has 11 heteroatoms. The summed E-state index contributed by atoms with van der Waals surface area (Å²) in [5, 5.41) is 11.0. The first-order chi connectivity index (χ1) is 22.6. The predicted octanol–water partition coefficient (Wildman–Crippen LogP) is 10.3. The van der Waals surface area contributed by atoms with Crippen molar-refractivity contribution in [3.63, 3.8) is 0 Å². The Hall–Kier alpha value is -3.98. The van der Waals surface area contributed by atoms with E-state index in [9.17, 15) is 14.7 Å². The van der Waals surface area contributed by atoms with Gasteiger partial charge in [0.25, 0.3) is 0 Å². The Morgan fingerprint density at radius 3 is 1.60 bits per heavy atom. The first kappa shape index (κ1) is 35.9. The molecule has 0 radical (unpaired) electrons. The number of hydrogen-bond acceptors (Lipinski definition) is 6. The van der Waals surface area contributed by atoms with E-state index in [0.717, 1.165) is 11.1 Å². The number of benzene rings is 4. The molecule has 4 rings (SSSR count). The molecule has 7 nitrogen and oxygen atoms in total. The molecule has 0 amide bonds. The number of esters is 1. The molecule has 47 heavy (non-hydrogen) atoms. The summed E-state index contributed by atoms with van der Waals surface area (Å²) in [7, 11) is 1.29. The molecule has 0 saturated heterocycles. The van der Waals surface area contributed by atoms with Gasteiger partial charge < -0.3 is 19.3 Å². The molecule has 0 aliphatic carbocycles. The van der Waals surface area contributed by atoms with Crippen molar-refractivity contribution in [1.29, 1.82) is 0 Å². The van der Waals surface area contributed by atoms with Gasteiger partial charge in [0, 0.05) is 31.6 Å². The maximum Gasteiger partial charge on any atom is 0.323 e. The molecular weight excluding hydrogens is 684 g/mol. The van der Waals surface area contributed by atoms with Gasteiger partial charge in [-0.2, -0.15) is 0 Å². The maximum atomic E-state index is 12.8. The van der Waals surface area contributed by atoms with Gasteiger partial charge in [0.1, 0.15) is 29.0 Å². The number of carboxylic acids is 1. The Bertz CT molecular complexity index is 1650. The maximum absolute atomic E-state index is 12.8. The minimum atomic E-state index is -0.998. The van der Waals surface area contributed by atoms with Crippen molar-refractivity contribution in [2.45, 2.75) is 18.9 Å². The van der Waals surface area contributed by atoms with Crippen molar-refractivity contribution in [1.82, 2.24) is 4.90 Å². The van der Waals surface area contributed by atoms with E-state index in [0.29, 0.717) is 56.2 Å². The second-order valence-electron chi connectivity index (χ2n) is 10.2. The molecule has 0 heterocycles. The molecule has 4 aromatic carbocycles. The fraction of sp³-hybridized carbons (Fsp3) is 0.167. The molecule has 1 atom stereocenters. The van der Waals surface area contributed by atoms with Crippen LogP contribution in [0.2, 0.25) is 20.1 Å². The SMILES string of the molecule is COC(=O)[C@H](CCC(=O)O)N(C/C=C/c1cccc(Oc2ccc(Cl)c(Cl)c2)c1)C/C=C/c1cccc(Oc2ccc(Cl)c(Cl)c2)c1. The zero-order valence-corrected chi connectivity index (χ0v) is 28.3. The van der Waals surface area contributed by atoms with Gasteiger partial charge in [0.05, 0.1) is 27.2 Å². The van der Waals surface area contributed by atoms with E-state index in [2.05, 4.69) is 0 Å². The molecule has 0 bridgehead atoms. The summed E-state index contributed by atoms with van der Waals surface area (Å²) in [5.41, 5.74) is 1.72. The first-order valence-corrected chi connectivity index (χ1v) is 15.9. The number of ether oxygens (including phenoxy) is 3. The summed E-state index contributed by atoms with van der Waals surface area (Å²) in [6.45, 7) is 0.671. The van der Waals surface area contributed by atoms with Crippen LogP contribution in [0.15, 0.2) is 97.1 Å². The zero-order valence-electron chi connectivity index (χ0n) is 25.2. The highest BCUT2D eigenvalue weighted by Crippen LogP contribution is 2.31. The minimum absolute atomic E-state index is 0.0869. The lowest BCUT2D eigenvalue weighted by Gasteiger charge is -2.27. The number of nitrogens with zero attached hydrogens (tertiary/aromatic N) is 1. The Balaban J connectivity index is 1.48. The van der Waals surface area contributed by atoms with Crippen molar-refractivity contribution >= 4 is 70.5 Å². The third kappa shape index (κ3) is 11.3. The van der Waals surface area contributed by atoms with E-state index in [4.69, 9.17) is 60.6 Å². The van der Waals surface area contributed by atoms with Crippen molar-refractivity contribution < 1.29 is 28.9 Å². The number of methoxy groups -OCH3 is 1. The van der Waals surface area contributed by atoms with Gasteiger partial charge in [-0.05, 0) is 66.1 Å². The third-order valence-corrected chi connectivity index (χ3v) is 8.29. The van der Waals surface area contributed by atoms with Crippen LogP contribution in [0.25, 0.3) is 12.2 Å². The van der Waals surface area contributed by atoms with E-state index >= 15 is 0 Å². The number of rotatable bonds is 15. The molecular formula is C36H31Cl4NO6. The van der Waals surface area contributed by atoms with Gasteiger partial charge >= 0.3 is 11.9 Å². The lowest BCUT2D eigenvalue weighted by atomic mass is 10.1. The summed E-state index contributed by atoms with van der Waals surface area (Å²) >= 11 is 24.2. The summed E-state index contributed by atoms with van der Waals surface area (Å²) in [5.74, 6) is 0.785. The van der Waals surface area contributed by atoms with Crippen molar-refractivity contribution in [2.75, 3.05) is 20.2 Å². The van der Waals surface area contributed by atoms with Crippen molar-refractivity contribution in [2.24, 2.45) is 0 Å². The van der Waals surface area contributed by atoms with Crippen molar-refractivity contribution in [3.05, 3.63) is 128 Å². The molecule has 0 unspecified atom stereocenters. The molecule has 0 fully saturated rings. The topological polar surface area (TPSA) is 85.3 Å². The second kappa shape index (κ2) is 17.8. The van der Waals surface area contributed by atoms with Gasteiger partial charge in [0.15, 0.2) is 0 Å². The Morgan fingerprint density at radius 2 is 1.17 bits per heavy atom. The highest BCUT2D eigenvalue weighted by molar-refractivity contribution is 6.42. The molecule has 0 aliphatic rings. The predicted molar refractivity (Wildman–Crippen MR) is 188 cm³/mol. The number of carboxylic acid groups (broad SMARTS) is 1. The van der Waals surface area contributed by atoms with Crippen LogP contribution in [0.5, 0.6) is 23.0 Å². The van der Waals surface area contributed by atoms with Crippen molar-refractivity contribution in [3.8, 4) is 23.0 Å². The van der Waals surface area contributed by atoms with Crippen LogP contribution in [0.3, 0.4) is 0 Å².